The summed E-state index contributed by atoms with van der Waals surface area (Å²) in [6.45, 7) is 0. The van der Waals surface area contributed by atoms with E-state index in [1.165, 1.54) is 18.6 Å². The molecule has 0 aromatic heterocycles. The Labute approximate surface area is 182 Å². The predicted molar refractivity (Wildman–Crippen MR) is 117 cm³/mol. The Morgan fingerprint density at radius 2 is 1.68 bits per heavy atom. The number of hydrogen-bond acceptors (Lipinski definition) is 3. The molecule has 2 fully saturated rings. The average Bonchev–Trinajstić information content (AvgIpc) is 2.80. The Hall–Kier alpha value is -2.89. The van der Waals surface area contributed by atoms with Crippen molar-refractivity contribution in [1.82, 2.24) is 5.32 Å². The monoisotopic (exact) mass is 424 g/mol. The van der Waals surface area contributed by atoms with Crippen molar-refractivity contribution < 1.29 is 18.7 Å². The Kier molecular flexibility index (Phi) is 6.54. The molecule has 1 aliphatic heterocycles. The van der Waals surface area contributed by atoms with Gasteiger partial charge in [0.2, 0.25) is 11.8 Å². The number of carbonyl (C=O) groups excluding carboxylic acids is 2. The zero-order valence-electron chi connectivity index (χ0n) is 17.9. The lowest BCUT2D eigenvalue weighted by molar-refractivity contribution is -0.130. The number of methoxy groups -OCH3 is 1. The van der Waals surface area contributed by atoms with E-state index in [0.29, 0.717) is 24.3 Å². The van der Waals surface area contributed by atoms with Gasteiger partial charge in [-0.1, -0.05) is 31.4 Å². The number of nitrogens with zero attached hydrogens (tertiary/aromatic N) is 1. The minimum absolute atomic E-state index is 0.0211. The molecule has 2 unspecified atom stereocenters. The normalized spacial score (nSPS) is 22.3. The van der Waals surface area contributed by atoms with Crippen molar-refractivity contribution in [3.63, 3.8) is 0 Å². The highest BCUT2D eigenvalue weighted by molar-refractivity contribution is 5.97. The summed E-state index contributed by atoms with van der Waals surface area (Å²) < 4.78 is 18.9. The summed E-state index contributed by atoms with van der Waals surface area (Å²) in [6, 6.07) is 13.1. The van der Waals surface area contributed by atoms with Crippen molar-refractivity contribution in [2.24, 2.45) is 5.92 Å². The lowest BCUT2D eigenvalue weighted by Gasteiger charge is -2.41. The molecule has 2 amide bonds. The molecular formula is C25H29FN2O3. The molecule has 0 spiro atoms. The first-order valence-corrected chi connectivity index (χ1v) is 11.1. The fraction of sp³-hybridized carbons (Fsp3) is 0.440. The summed E-state index contributed by atoms with van der Waals surface area (Å²) in [5, 5.41) is 3.23. The molecular weight excluding hydrogens is 395 g/mol. The second-order valence-corrected chi connectivity index (χ2v) is 8.45. The van der Waals surface area contributed by atoms with Crippen LogP contribution in [0.25, 0.3) is 0 Å². The highest BCUT2D eigenvalue weighted by Gasteiger charge is 2.42. The number of amides is 2. The van der Waals surface area contributed by atoms with Gasteiger partial charge in [0.15, 0.2) is 0 Å². The van der Waals surface area contributed by atoms with E-state index in [-0.39, 0.29) is 23.7 Å². The van der Waals surface area contributed by atoms with Crippen LogP contribution in [-0.2, 0) is 9.59 Å². The molecule has 2 aromatic carbocycles. The van der Waals surface area contributed by atoms with Gasteiger partial charge in [-0.15, -0.1) is 0 Å². The molecule has 2 aliphatic rings. The molecule has 164 valence electrons. The van der Waals surface area contributed by atoms with E-state index in [4.69, 9.17) is 4.74 Å². The third-order valence-electron chi connectivity index (χ3n) is 6.45. The highest BCUT2D eigenvalue weighted by atomic mass is 19.1. The molecule has 2 aromatic rings. The summed E-state index contributed by atoms with van der Waals surface area (Å²) in [7, 11) is 1.59. The molecule has 2 atom stereocenters. The third kappa shape index (κ3) is 4.73. The topological polar surface area (TPSA) is 58.6 Å². The Morgan fingerprint density at radius 3 is 2.32 bits per heavy atom. The number of anilines is 1. The van der Waals surface area contributed by atoms with Gasteiger partial charge in [0.05, 0.1) is 19.1 Å². The van der Waals surface area contributed by atoms with Crippen molar-refractivity contribution in [1.29, 1.82) is 0 Å². The van der Waals surface area contributed by atoms with Gasteiger partial charge >= 0.3 is 0 Å². The van der Waals surface area contributed by atoms with Crippen molar-refractivity contribution in [2.45, 2.75) is 57.0 Å². The number of halogens is 1. The van der Waals surface area contributed by atoms with Gasteiger partial charge in [0.1, 0.15) is 11.6 Å². The van der Waals surface area contributed by atoms with Crippen LogP contribution in [0.2, 0.25) is 0 Å². The fourth-order valence-electron chi connectivity index (χ4n) is 4.81. The standard InChI is InChI=1S/C25H29FN2O3/c1-31-21-13-11-20(12-14-21)28-23(29)16-15-22(24(28)17-7-9-18(26)10-8-17)25(30)27-19-5-3-2-4-6-19/h7-14,19,22,24H,2-6,15-16H2,1H3,(H,27,30). The van der Waals surface area contributed by atoms with Crippen molar-refractivity contribution >= 4 is 17.5 Å². The van der Waals surface area contributed by atoms with Crippen LogP contribution in [0.15, 0.2) is 48.5 Å². The van der Waals surface area contributed by atoms with Crippen LogP contribution in [0.5, 0.6) is 5.75 Å². The molecule has 0 radical (unpaired) electrons. The van der Waals surface area contributed by atoms with Crippen LogP contribution in [0.1, 0.15) is 56.6 Å². The van der Waals surface area contributed by atoms with E-state index in [1.54, 1.807) is 36.3 Å². The maximum absolute atomic E-state index is 13.6. The molecule has 1 aliphatic carbocycles. The number of hydrogen-bond donors (Lipinski definition) is 1. The lowest BCUT2D eigenvalue weighted by atomic mass is 9.82. The van der Waals surface area contributed by atoms with Gasteiger partial charge in [-0.3, -0.25) is 9.59 Å². The molecule has 5 nitrogen and oxygen atoms in total. The van der Waals surface area contributed by atoms with Crippen molar-refractivity contribution in [3.8, 4) is 5.75 Å². The molecule has 1 N–H and O–H groups in total. The summed E-state index contributed by atoms with van der Waals surface area (Å²) in [4.78, 5) is 28.1. The van der Waals surface area contributed by atoms with Gasteiger partial charge in [-0.2, -0.15) is 0 Å². The van der Waals surface area contributed by atoms with E-state index >= 15 is 0 Å². The van der Waals surface area contributed by atoms with Gasteiger partial charge in [-0.25, -0.2) is 4.39 Å². The number of rotatable bonds is 5. The first-order valence-electron chi connectivity index (χ1n) is 11.1. The summed E-state index contributed by atoms with van der Waals surface area (Å²) in [6.07, 6.45) is 6.26. The van der Waals surface area contributed by atoms with Crippen LogP contribution < -0.4 is 15.0 Å². The number of ether oxygens (including phenoxy) is 1. The van der Waals surface area contributed by atoms with Gasteiger partial charge in [-0.05, 0) is 61.2 Å². The Bertz CT molecular complexity index is 907. The van der Waals surface area contributed by atoms with Gasteiger partial charge < -0.3 is 15.0 Å². The van der Waals surface area contributed by atoms with Crippen LogP contribution in [0, 0.1) is 11.7 Å². The first-order chi connectivity index (χ1) is 15.1. The van der Waals surface area contributed by atoms with Crippen LogP contribution in [-0.4, -0.2) is 25.0 Å². The average molecular weight is 425 g/mol. The SMILES string of the molecule is COc1ccc(N2C(=O)CCC(C(=O)NC3CCCCC3)C2c2ccc(F)cc2)cc1. The van der Waals surface area contributed by atoms with E-state index in [9.17, 15) is 14.0 Å². The summed E-state index contributed by atoms with van der Waals surface area (Å²) in [5.74, 6) is -0.108. The quantitative estimate of drug-likeness (QED) is 0.752. The number of benzene rings is 2. The van der Waals surface area contributed by atoms with Crippen LogP contribution in [0.3, 0.4) is 0 Å². The number of carbonyl (C=O) groups is 2. The maximum Gasteiger partial charge on any atom is 0.227 e. The van der Waals surface area contributed by atoms with Gasteiger partial charge in [0, 0.05) is 18.2 Å². The maximum atomic E-state index is 13.6. The Balaban J connectivity index is 1.68. The number of nitrogens with one attached hydrogen (secondary N) is 1. The molecule has 1 saturated heterocycles. The van der Waals surface area contributed by atoms with Crippen LogP contribution >= 0.6 is 0 Å². The lowest BCUT2D eigenvalue weighted by Crippen LogP contribution is -2.50. The summed E-state index contributed by atoms with van der Waals surface area (Å²) in [5.41, 5.74) is 1.46. The first kappa shape index (κ1) is 21.3. The molecule has 1 saturated carbocycles. The molecule has 31 heavy (non-hydrogen) atoms. The fourth-order valence-corrected chi connectivity index (χ4v) is 4.81. The molecule has 0 bridgehead atoms. The Morgan fingerprint density at radius 1 is 1.00 bits per heavy atom. The smallest absolute Gasteiger partial charge is 0.227 e. The molecule has 4 rings (SSSR count). The summed E-state index contributed by atoms with van der Waals surface area (Å²) >= 11 is 0. The van der Waals surface area contributed by atoms with Crippen LogP contribution in [0.4, 0.5) is 10.1 Å². The second-order valence-electron chi connectivity index (χ2n) is 8.45. The van der Waals surface area contributed by atoms with E-state index in [2.05, 4.69) is 5.32 Å². The largest absolute Gasteiger partial charge is 0.497 e. The predicted octanol–water partition coefficient (Wildman–Crippen LogP) is 4.77. The van der Waals surface area contributed by atoms with E-state index in [1.807, 2.05) is 12.1 Å². The highest BCUT2D eigenvalue weighted by Crippen LogP contribution is 2.40. The van der Waals surface area contributed by atoms with Crippen molar-refractivity contribution in [2.75, 3.05) is 12.0 Å². The van der Waals surface area contributed by atoms with E-state index < -0.39 is 12.0 Å². The number of piperidine rings is 1. The molecule has 6 heteroatoms. The second kappa shape index (κ2) is 9.50. The minimum Gasteiger partial charge on any atom is -0.497 e. The van der Waals surface area contributed by atoms with Crippen molar-refractivity contribution in [3.05, 3.63) is 59.9 Å². The zero-order valence-corrected chi connectivity index (χ0v) is 17.9. The minimum atomic E-state index is -0.487. The molecule has 1 heterocycles. The van der Waals surface area contributed by atoms with Gasteiger partial charge in [0.25, 0.3) is 0 Å². The van der Waals surface area contributed by atoms with E-state index in [0.717, 1.165) is 31.2 Å². The zero-order chi connectivity index (χ0) is 21.8. The third-order valence-corrected chi connectivity index (χ3v) is 6.45.